The van der Waals surface area contributed by atoms with Crippen molar-refractivity contribution < 1.29 is 9.59 Å². The highest BCUT2D eigenvalue weighted by Crippen LogP contribution is 2.24. The summed E-state index contributed by atoms with van der Waals surface area (Å²) >= 11 is 1.38. The van der Waals surface area contributed by atoms with Gasteiger partial charge in [-0.15, -0.1) is 0 Å². The molecule has 154 valence electrons. The number of nitrogens with one attached hydrogen (secondary N) is 2. The third-order valence-electron chi connectivity index (χ3n) is 5.10. The molecule has 0 unspecified atom stereocenters. The van der Waals surface area contributed by atoms with Crippen molar-refractivity contribution in [3.63, 3.8) is 0 Å². The number of aromatic nitrogens is 2. The van der Waals surface area contributed by atoms with Crippen molar-refractivity contribution >= 4 is 29.3 Å². The smallest absolute Gasteiger partial charge is 0.251 e. The molecule has 1 aromatic heterocycles. The normalized spacial score (nSPS) is 13.1. The Bertz CT molecular complexity index is 1090. The van der Waals surface area contributed by atoms with E-state index in [2.05, 4.69) is 35.5 Å². The van der Waals surface area contributed by atoms with Crippen molar-refractivity contribution in [3.8, 4) is 5.69 Å². The number of benzene rings is 2. The summed E-state index contributed by atoms with van der Waals surface area (Å²) in [6.07, 6.45) is 5.72. The van der Waals surface area contributed by atoms with Gasteiger partial charge in [-0.3, -0.25) is 14.2 Å². The maximum Gasteiger partial charge on any atom is 0.251 e. The zero-order chi connectivity index (χ0) is 21.1. The van der Waals surface area contributed by atoms with E-state index in [0.29, 0.717) is 17.3 Å². The van der Waals surface area contributed by atoms with Gasteiger partial charge in [-0.1, -0.05) is 30.0 Å². The number of hydrogen-bond donors (Lipinski definition) is 2. The second-order valence-electron chi connectivity index (χ2n) is 7.46. The van der Waals surface area contributed by atoms with Crippen LogP contribution in [0, 0.1) is 13.8 Å². The van der Waals surface area contributed by atoms with Crippen LogP contribution in [0.4, 0.5) is 5.69 Å². The summed E-state index contributed by atoms with van der Waals surface area (Å²) in [6.45, 7) is 4.16. The minimum atomic E-state index is -0.143. The number of aryl methyl sites for hydroxylation is 1. The van der Waals surface area contributed by atoms with Crippen LogP contribution in [0.3, 0.4) is 0 Å². The maximum absolute atomic E-state index is 12.5. The third kappa shape index (κ3) is 4.74. The van der Waals surface area contributed by atoms with Crippen molar-refractivity contribution in [3.05, 3.63) is 71.5 Å². The van der Waals surface area contributed by atoms with E-state index < -0.39 is 0 Å². The molecule has 30 heavy (non-hydrogen) atoms. The molecule has 2 aromatic carbocycles. The lowest BCUT2D eigenvalue weighted by atomic mass is 10.1. The van der Waals surface area contributed by atoms with Crippen LogP contribution < -0.4 is 10.6 Å². The molecule has 1 fully saturated rings. The molecule has 1 aliphatic carbocycles. The monoisotopic (exact) mass is 420 g/mol. The van der Waals surface area contributed by atoms with Gasteiger partial charge in [0.1, 0.15) is 0 Å². The first kappa shape index (κ1) is 20.2. The second kappa shape index (κ2) is 8.75. The van der Waals surface area contributed by atoms with Crippen molar-refractivity contribution in [2.45, 2.75) is 37.9 Å². The topological polar surface area (TPSA) is 76.0 Å². The van der Waals surface area contributed by atoms with E-state index in [1.807, 2.05) is 22.9 Å². The molecule has 2 N–H and O–H groups in total. The van der Waals surface area contributed by atoms with Crippen LogP contribution in [-0.4, -0.2) is 33.2 Å². The Kier molecular flexibility index (Phi) is 5.90. The highest BCUT2D eigenvalue weighted by Gasteiger charge is 2.23. The van der Waals surface area contributed by atoms with Crippen molar-refractivity contribution in [1.29, 1.82) is 0 Å². The zero-order valence-electron chi connectivity index (χ0n) is 17.0. The molecule has 1 saturated carbocycles. The molecule has 0 spiro atoms. The molecule has 4 rings (SSSR count). The van der Waals surface area contributed by atoms with Crippen molar-refractivity contribution in [1.82, 2.24) is 14.9 Å². The molecule has 6 nitrogen and oxygen atoms in total. The van der Waals surface area contributed by atoms with Gasteiger partial charge in [0.05, 0.1) is 11.4 Å². The first-order valence-electron chi connectivity index (χ1n) is 9.95. The lowest BCUT2D eigenvalue weighted by molar-refractivity contribution is -0.113. The molecule has 0 aliphatic heterocycles. The average Bonchev–Trinajstić information content (AvgIpc) is 3.43. The number of nitrogens with zero attached hydrogens (tertiary/aromatic N) is 2. The maximum atomic E-state index is 12.5. The first-order chi connectivity index (χ1) is 14.5. The summed E-state index contributed by atoms with van der Waals surface area (Å²) < 4.78 is 2.00. The second-order valence-corrected chi connectivity index (χ2v) is 8.41. The Morgan fingerprint density at radius 1 is 1.17 bits per heavy atom. The molecule has 0 saturated heterocycles. The van der Waals surface area contributed by atoms with Gasteiger partial charge in [-0.25, -0.2) is 4.98 Å². The Balaban J connectivity index is 1.39. The van der Waals surface area contributed by atoms with Gasteiger partial charge in [0.15, 0.2) is 5.16 Å². The average molecular weight is 421 g/mol. The van der Waals surface area contributed by atoms with E-state index >= 15 is 0 Å². The van der Waals surface area contributed by atoms with E-state index in [1.165, 1.54) is 22.9 Å². The predicted octanol–water partition coefficient (Wildman–Crippen LogP) is 4.11. The molecule has 0 bridgehead atoms. The predicted molar refractivity (Wildman–Crippen MR) is 119 cm³/mol. The summed E-state index contributed by atoms with van der Waals surface area (Å²) in [5.41, 5.74) is 4.62. The van der Waals surface area contributed by atoms with Crippen molar-refractivity contribution in [2.75, 3.05) is 11.1 Å². The van der Waals surface area contributed by atoms with Crippen LogP contribution in [-0.2, 0) is 4.79 Å². The molecule has 0 atom stereocenters. The number of thioether (sulfide) groups is 1. The lowest BCUT2D eigenvalue weighted by Crippen LogP contribution is -2.25. The summed E-state index contributed by atoms with van der Waals surface area (Å²) in [6, 6.07) is 13.5. The van der Waals surface area contributed by atoms with Gasteiger partial charge in [0, 0.05) is 29.7 Å². The van der Waals surface area contributed by atoms with Gasteiger partial charge in [0.25, 0.3) is 5.91 Å². The first-order valence-corrected chi connectivity index (χ1v) is 10.9. The summed E-state index contributed by atoms with van der Waals surface area (Å²) in [4.78, 5) is 29.1. The molecular formula is C23H24N4O2S. The summed E-state index contributed by atoms with van der Waals surface area (Å²) in [5.74, 6) is -0.0193. The molecule has 0 radical (unpaired) electrons. The highest BCUT2D eigenvalue weighted by molar-refractivity contribution is 7.99. The fourth-order valence-electron chi connectivity index (χ4n) is 3.14. The number of amides is 2. The number of rotatable bonds is 7. The molecule has 7 heteroatoms. The van der Waals surface area contributed by atoms with Crippen LogP contribution in [0.2, 0.25) is 0 Å². The van der Waals surface area contributed by atoms with E-state index in [4.69, 9.17) is 0 Å². The Morgan fingerprint density at radius 3 is 2.77 bits per heavy atom. The third-order valence-corrected chi connectivity index (χ3v) is 6.06. The van der Waals surface area contributed by atoms with E-state index in [1.54, 1.807) is 30.5 Å². The molecule has 3 aromatic rings. The van der Waals surface area contributed by atoms with Gasteiger partial charge < -0.3 is 10.6 Å². The standard InChI is InChI=1S/C23H24N4O2S/c1-15-5-3-8-20(16(15)2)27-12-11-24-23(27)30-14-21(28)25-19-7-4-6-17(13-19)22(29)26-18-9-10-18/h3-8,11-13,18H,9-10,14H2,1-2H3,(H,25,28)(H,26,29). The molecule has 2 amide bonds. The van der Waals surface area contributed by atoms with Gasteiger partial charge >= 0.3 is 0 Å². The van der Waals surface area contributed by atoms with Crippen LogP contribution >= 0.6 is 11.8 Å². The fraction of sp³-hybridized carbons (Fsp3) is 0.261. The number of carbonyl (C=O) groups excluding carboxylic acids is 2. The molecule has 1 heterocycles. The summed E-state index contributed by atoms with van der Waals surface area (Å²) in [7, 11) is 0. The van der Waals surface area contributed by atoms with Crippen LogP contribution in [0.1, 0.15) is 34.3 Å². The lowest BCUT2D eigenvalue weighted by Gasteiger charge is -2.12. The van der Waals surface area contributed by atoms with Crippen LogP contribution in [0.15, 0.2) is 60.0 Å². The largest absolute Gasteiger partial charge is 0.349 e. The Hall–Kier alpha value is -3.06. The van der Waals surface area contributed by atoms with Crippen LogP contribution in [0.5, 0.6) is 0 Å². The number of carbonyl (C=O) groups is 2. The SMILES string of the molecule is Cc1cccc(-n2ccnc2SCC(=O)Nc2cccc(C(=O)NC3CC3)c2)c1C. The Labute approximate surface area is 180 Å². The van der Waals surface area contributed by atoms with E-state index in [-0.39, 0.29) is 17.6 Å². The summed E-state index contributed by atoms with van der Waals surface area (Å²) in [5, 5.41) is 6.59. The number of anilines is 1. The van der Waals surface area contributed by atoms with Crippen molar-refractivity contribution in [2.24, 2.45) is 0 Å². The number of imidazole rings is 1. The number of hydrogen-bond acceptors (Lipinski definition) is 4. The van der Waals surface area contributed by atoms with Crippen LogP contribution in [0.25, 0.3) is 5.69 Å². The minimum Gasteiger partial charge on any atom is -0.349 e. The zero-order valence-corrected chi connectivity index (χ0v) is 17.8. The molecule has 1 aliphatic rings. The van der Waals surface area contributed by atoms with E-state index in [0.717, 1.165) is 23.7 Å². The van der Waals surface area contributed by atoms with Gasteiger partial charge in [-0.2, -0.15) is 0 Å². The Morgan fingerprint density at radius 2 is 1.97 bits per heavy atom. The van der Waals surface area contributed by atoms with Gasteiger partial charge in [-0.05, 0) is 62.1 Å². The quantitative estimate of drug-likeness (QED) is 0.564. The fourth-order valence-corrected chi connectivity index (χ4v) is 3.90. The minimum absolute atomic E-state index is 0.0986. The highest BCUT2D eigenvalue weighted by atomic mass is 32.2. The van der Waals surface area contributed by atoms with Gasteiger partial charge in [0.2, 0.25) is 5.91 Å². The van der Waals surface area contributed by atoms with E-state index in [9.17, 15) is 9.59 Å². The molecular weight excluding hydrogens is 396 g/mol.